The molecular weight excluding hydrogens is 334 g/mol. The summed E-state index contributed by atoms with van der Waals surface area (Å²) in [5, 5.41) is 9.75. The van der Waals surface area contributed by atoms with Gasteiger partial charge in [0.15, 0.2) is 5.41 Å². The minimum absolute atomic E-state index is 0.0432. The maximum Gasteiger partial charge on any atom is 0.339 e. The van der Waals surface area contributed by atoms with Crippen LogP contribution in [0.1, 0.15) is 12.5 Å². The molecule has 1 unspecified atom stereocenters. The predicted octanol–water partition coefficient (Wildman–Crippen LogP) is 1.63. The van der Waals surface area contributed by atoms with Gasteiger partial charge in [-0.2, -0.15) is 5.26 Å². The molecule has 7 heteroatoms. The second-order valence-electron chi connectivity index (χ2n) is 5.90. The molecule has 132 valence electrons. The number of hydrogen-bond acceptors (Lipinski definition) is 6. The number of rotatable bonds is 3. The summed E-state index contributed by atoms with van der Waals surface area (Å²) in [4.78, 5) is 27.6. The number of para-hydroxylation sites is 1. The molecule has 2 heterocycles. The van der Waals surface area contributed by atoms with Crippen LogP contribution in [0.5, 0.6) is 0 Å². The van der Waals surface area contributed by atoms with Gasteiger partial charge in [-0.25, -0.2) is 4.79 Å². The Morgan fingerprint density at radius 1 is 1.50 bits per heavy atom. The zero-order valence-corrected chi connectivity index (χ0v) is 14.4. The van der Waals surface area contributed by atoms with Crippen LogP contribution in [0.2, 0.25) is 0 Å². The Balaban J connectivity index is 2.37. The zero-order chi connectivity index (χ0) is 19.1. The zero-order valence-electron chi connectivity index (χ0n) is 14.4. The van der Waals surface area contributed by atoms with Gasteiger partial charge < -0.3 is 20.1 Å². The van der Waals surface area contributed by atoms with Gasteiger partial charge in [0.2, 0.25) is 11.8 Å². The van der Waals surface area contributed by atoms with Gasteiger partial charge in [-0.1, -0.05) is 30.9 Å². The Morgan fingerprint density at radius 3 is 2.85 bits per heavy atom. The van der Waals surface area contributed by atoms with Gasteiger partial charge in [0.25, 0.3) is 0 Å². The Bertz CT molecular complexity index is 938. The number of carbonyl (C=O) groups is 2. The van der Waals surface area contributed by atoms with Crippen LogP contribution in [0.15, 0.2) is 59.7 Å². The number of anilines is 1. The fraction of sp³-hybridized carbons (Fsp3) is 0.211. The van der Waals surface area contributed by atoms with Gasteiger partial charge in [-0.3, -0.25) is 4.79 Å². The minimum Gasteiger partial charge on any atom is -0.458 e. The largest absolute Gasteiger partial charge is 0.458 e. The molecule has 0 saturated carbocycles. The molecule has 0 radical (unpaired) electrons. The first kappa shape index (κ1) is 17.3. The lowest BCUT2D eigenvalue weighted by Gasteiger charge is -2.34. The van der Waals surface area contributed by atoms with Crippen LogP contribution in [0.3, 0.4) is 0 Å². The summed E-state index contributed by atoms with van der Waals surface area (Å²) in [5.41, 5.74) is 5.13. The highest BCUT2D eigenvalue weighted by Crippen LogP contribution is 2.53. The van der Waals surface area contributed by atoms with Crippen molar-refractivity contribution >= 4 is 17.6 Å². The van der Waals surface area contributed by atoms with Crippen molar-refractivity contribution in [3.63, 3.8) is 0 Å². The monoisotopic (exact) mass is 351 g/mol. The van der Waals surface area contributed by atoms with Crippen LogP contribution in [-0.4, -0.2) is 25.5 Å². The van der Waals surface area contributed by atoms with E-state index in [4.69, 9.17) is 15.2 Å². The summed E-state index contributed by atoms with van der Waals surface area (Å²) in [6, 6.07) is 8.90. The molecule has 2 aliphatic heterocycles. The highest BCUT2D eigenvalue weighted by atomic mass is 16.5. The molecule has 26 heavy (non-hydrogen) atoms. The molecule has 0 bridgehead atoms. The van der Waals surface area contributed by atoms with Crippen molar-refractivity contribution in [2.24, 2.45) is 5.73 Å². The van der Waals surface area contributed by atoms with Crippen LogP contribution >= 0.6 is 0 Å². The molecule has 1 amide bonds. The third kappa shape index (κ3) is 2.05. The number of esters is 1. The average molecular weight is 351 g/mol. The van der Waals surface area contributed by atoms with Crippen molar-refractivity contribution in [2.75, 3.05) is 18.6 Å². The number of benzene rings is 1. The highest BCUT2D eigenvalue weighted by molar-refractivity contribution is 6.18. The van der Waals surface area contributed by atoms with E-state index in [0.717, 1.165) is 0 Å². The summed E-state index contributed by atoms with van der Waals surface area (Å²) < 4.78 is 10.6. The number of ether oxygens (including phenoxy) is 2. The average Bonchev–Trinajstić information content (AvgIpc) is 2.83. The van der Waals surface area contributed by atoms with E-state index in [9.17, 15) is 14.9 Å². The van der Waals surface area contributed by atoms with Crippen LogP contribution in [-0.2, 0) is 24.5 Å². The van der Waals surface area contributed by atoms with Crippen LogP contribution in [0.25, 0.3) is 0 Å². The van der Waals surface area contributed by atoms with Crippen molar-refractivity contribution in [3.05, 3.63) is 65.3 Å². The standard InChI is InChI=1S/C19H17N3O4/c1-4-9-25-17(23)15-11(2)26-16(21)13(10-20)19(15)12-7-5-6-8-14(12)22(3)18(19)24/h4-8H,1,9,21H2,2-3H3. The van der Waals surface area contributed by atoms with E-state index < -0.39 is 17.3 Å². The molecule has 7 nitrogen and oxygen atoms in total. The molecule has 3 rings (SSSR count). The maximum atomic E-state index is 13.4. The first-order valence-corrected chi connectivity index (χ1v) is 7.86. The third-order valence-corrected chi connectivity index (χ3v) is 4.55. The number of carbonyl (C=O) groups excluding carboxylic acids is 2. The maximum absolute atomic E-state index is 13.4. The van der Waals surface area contributed by atoms with E-state index >= 15 is 0 Å². The number of nitrogens with two attached hydrogens (primary N) is 1. The lowest BCUT2D eigenvalue weighted by atomic mass is 9.68. The molecule has 1 atom stereocenters. The van der Waals surface area contributed by atoms with Crippen molar-refractivity contribution in [2.45, 2.75) is 12.3 Å². The van der Waals surface area contributed by atoms with E-state index in [1.807, 2.05) is 6.07 Å². The van der Waals surface area contributed by atoms with Crippen LogP contribution in [0.4, 0.5) is 5.69 Å². The number of fused-ring (bicyclic) bond motifs is 2. The van der Waals surface area contributed by atoms with Crippen LogP contribution in [0, 0.1) is 11.3 Å². The molecule has 1 aromatic rings. The van der Waals surface area contributed by atoms with Gasteiger partial charge in [0.1, 0.15) is 29.6 Å². The third-order valence-electron chi connectivity index (χ3n) is 4.55. The number of nitriles is 1. The molecular formula is C19H17N3O4. The van der Waals surface area contributed by atoms with Gasteiger partial charge in [0, 0.05) is 18.3 Å². The summed E-state index contributed by atoms with van der Waals surface area (Å²) in [7, 11) is 1.58. The van der Waals surface area contributed by atoms with E-state index in [2.05, 4.69) is 6.58 Å². The quantitative estimate of drug-likeness (QED) is 0.655. The van der Waals surface area contributed by atoms with E-state index in [1.54, 1.807) is 31.3 Å². The molecule has 0 saturated heterocycles. The topological polar surface area (TPSA) is 106 Å². The van der Waals surface area contributed by atoms with Gasteiger partial charge in [-0.05, 0) is 13.0 Å². The number of allylic oxidation sites excluding steroid dienone is 1. The second-order valence-corrected chi connectivity index (χ2v) is 5.90. The van der Waals surface area contributed by atoms with E-state index in [1.165, 1.54) is 17.9 Å². The number of amides is 1. The second kappa shape index (κ2) is 6.08. The van der Waals surface area contributed by atoms with Crippen molar-refractivity contribution in [1.82, 2.24) is 0 Å². The first-order chi connectivity index (χ1) is 12.4. The molecule has 2 aliphatic rings. The summed E-state index contributed by atoms with van der Waals surface area (Å²) in [5.74, 6) is -1.31. The van der Waals surface area contributed by atoms with E-state index in [-0.39, 0.29) is 29.4 Å². The summed E-state index contributed by atoms with van der Waals surface area (Å²) in [6.45, 7) is 4.98. The van der Waals surface area contributed by atoms with Crippen molar-refractivity contribution in [1.29, 1.82) is 5.26 Å². The van der Waals surface area contributed by atoms with Crippen molar-refractivity contribution in [3.8, 4) is 6.07 Å². The Hall–Kier alpha value is -3.53. The molecule has 0 aromatic heterocycles. The fourth-order valence-corrected chi connectivity index (χ4v) is 3.53. The number of likely N-dealkylation sites (N-methyl/N-ethyl adjacent to an activating group) is 1. The fourth-order valence-electron chi connectivity index (χ4n) is 3.53. The number of hydrogen-bond donors (Lipinski definition) is 1. The van der Waals surface area contributed by atoms with Gasteiger partial charge >= 0.3 is 5.97 Å². The Morgan fingerprint density at radius 2 is 2.19 bits per heavy atom. The van der Waals surface area contributed by atoms with Crippen LogP contribution < -0.4 is 10.6 Å². The molecule has 1 aromatic carbocycles. The highest BCUT2D eigenvalue weighted by Gasteiger charge is 2.61. The van der Waals surface area contributed by atoms with E-state index in [0.29, 0.717) is 11.3 Å². The van der Waals surface area contributed by atoms with Gasteiger partial charge in [0.05, 0.1) is 0 Å². The molecule has 0 fully saturated rings. The first-order valence-electron chi connectivity index (χ1n) is 7.86. The molecule has 2 N–H and O–H groups in total. The van der Waals surface area contributed by atoms with Gasteiger partial charge in [-0.15, -0.1) is 0 Å². The summed E-state index contributed by atoms with van der Waals surface area (Å²) in [6.07, 6.45) is 1.41. The lowest BCUT2D eigenvalue weighted by molar-refractivity contribution is -0.140. The smallest absolute Gasteiger partial charge is 0.339 e. The molecule has 0 aliphatic carbocycles. The summed E-state index contributed by atoms with van der Waals surface area (Å²) >= 11 is 0. The normalized spacial score (nSPS) is 21.4. The molecule has 1 spiro atoms. The number of nitrogens with zero attached hydrogens (tertiary/aromatic N) is 2. The van der Waals surface area contributed by atoms with Crippen molar-refractivity contribution < 1.29 is 19.1 Å². The Labute approximate surface area is 150 Å². The predicted molar refractivity (Wildman–Crippen MR) is 93.3 cm³/mol. The lowest BCUT2D eigenvalue weighted by Crippen LogP contribution is -2.47. The SMILES string of the molecule is C=CCOC(=O)C1=C(C)OC(N)=C(C#N)C12C(=O)N(C)c1ccccc12. The Kier molecular flexibility index (Phi) is 4.04. The minimum atomic E-state index is -1.69.